The Bertz CT molecular complexity index is 585. The molecular formula is C14H19BrFNO2S. The maximum atomic E-state index is 13.1. The Morgan fingerprint density at radius 3 is 2.55 bits per heavy atom. The van der Waals surface area contributed by atoms with E-state index in [-0.39, 0.29) is 15.4 Å². The van der Waals surface area contributed by atoms with Gasteiger partial charge in [-0.15, -0.1) is 0 Å². The van der Waals surface area contributed by atoms with Crippen molar-refractivity contribution in [3.05, 3.63) is 28.5 Å². The van der Waals surface area contributed by atoms with Gasteiger partial charge in [-0.25, -0.2) is 12.8 Å². The van der Waals surface area contributed by atoms with Gasteiger partial charge in [0.15, 0.2) is 0 Å². The van der Waals surface area contributed by atoms with Gasteiger partial charge >= 0.3 is 0 Å². The molecule has 0 amide bonds. The molecule has 1 aromatic rings. The quantitative estimate of drug-likeness (QED) is 0.770. The van der Waals surface area contributed by atoms with Crippen molar-refractivity contribution >= 4 is 26.0 Å². The third kappa shape index (κ3) is 3.59. The lowest BCUT2D eigenvalue weighted by molar-refractivity contribution is 0.373. The normalized spacial score (nSPS) is 16.1. The average molecular weight is 364 g/mol. The number of hydrogen-bond acceptors (Lipinski definition) is 2. The number of rotatable bonds is 6. The van der Waals surface area contributed by atoms with Crippen LogP contribution in [0, 0.1) is 11.7 Å². The second kappa shape index (κ2) is 6.12. The second-order valence-electron chi connectivity index (χ2n) is 5.60. The third-order valence-electron chi connectivity index (χ3n) is 3.36. The molecule has 0 aromatic heterocycles. The van der Waals surface area contributed by atoms with E-state index in [1.807, 2.05) is 0 Å². The Labute approximate surface area is 128 Å². The van der Waals surface area contributed by atoms with Gasteiger partial charge in [-0.3, -0.25) is 0 Å². The van der Waals surface area contributed by atoms with Gasteiger partial charge in [0.1, 0.15) is 5.82 Å². The van der Waals surface area contributed by atoms with Gasteiger partial charge < -0.3 is 0 Å². The van der Waals surface area contributed by atoms with Crippen LogP contribution >= 0.6 is 15.9 Å². The van der Waals surface area contributed by atoms with Gasteiger partial charge in [0, 0.05) is 17.1 Å². The predicted molar refractivity (Wildman–Crippen MR) is 80.5 cm³/mol. The van der Waals surface area contributed by atoms with E-state index in [2.05, 4.69) is 29.8 Å². The van der Waals surface area contributed by atoms with Crippen LogP contribution in [0.4, 0.5) is 4.39 Å². The molecule has 1 aliphatic carbocycles. The summed E-state index contributed by atoms with van der Waals surface area (Å²) in [5.41, 5.74) is 0. The van der Waals surface area contributed by atoms with Gasteiger partial charge in [-0.05, 0) is 59.3 Å². The van der Waals surface area contributed by atoms with Crippen molar-refractivity contribution in [2.75, 3.05) is 6.54 Å². The number of nitrogens with zero attached hydrogens (tertiary/aromatic N) is 1. The van der Waals surface area contributed by atoms with Gasteiger partial charge in [0.05, 0.1) is 4.90 Å². The highest BCUT2D eigenvalue weighted by atomic mass is 79.9. The average Bonchev–Trinajstić information content (AvgIpc) is 3.12. The molecule has 1 saturated carbocycles. The monoisotopic (exact) mass is 363 g/mol. The maximum absolute atomic E-state index is 13.1. The third-order valence-corrected chi connectivity index (χ3v) is 6.29. The summed E-state index contributed by atoms with van der Waals surface area (Å²) in [6.07, 6.45) is 2.65. The van der Waals surface area contributed by atoms with Crippen LogP contribution in [0.25, 0.3) is 0 Å². The first-order chi connectivity index (χ1) is 9.32. The van der Waals surface area contributed by atoms with E-state index in [1.165, 1.54) is 18.2 Å². The lowest BCUT2D eigenvalue weighted by Crippen LogP contribution is -2.34. The Balaban J connectivity index is 2.30. The molecule has 0 aliphatic heterocycles. The van der Waals surface area contributed by atoms with Crippen molar-refractivity contribution in [3.8, 4) is 0 Å². The van der Waals surface area contributed by atoms with E-state index >= 15 is 0 Å². The zero-order valence-electron chi connectivity index (χ0n) is 11.6. The molecule has 20 heavy (non-hydrogen) atoms. The van der Waals surface area contributed by atoms with Crippen LogP contribution in [-0.4, -0.2) is 25.3 Å². The van der Waals surface area contributed by atoms with Crippen molar-refractivity contribution in [1.29, 1.82) is 0 Å². The van der Waals surface area contributed by atoms with Crippen molar-refractivity contribution in [3.63, 3.8) is 0 Å². The number of sulfonamides is 1. The Kier molecular flexibility index (Phi) is 4.87. The number of hydrogen-bond donors (Lipinski definition) is 0. The summed E-state index contributed by atoms with van der Waals surface area (Å²) in [6.45, 7) is 4.67. The molecule has 1 fully saturated rings. The van der Waals surface area contributed by atoms with Crippen molar-refractivity contribution in [2.24, 2.45) is 5.92 Å². The highest BCUT2D eigenvalue weighted by Gasteiger charge is 2.38. The van der Waals surface area contributed by atoms with E-state index < -0.39 is 15.8 Å². The van der Waals surface area contributed by atoms with Crippen LogP contribution in [0.2, 0.25) is 0 Å². The number of benzene rings is 1. The minimum atomic E-state index is -3.56. The molecule has 1 aliphatic rings. The van der Waals surface area contributed by atoms with Crippen LogP contribution < -0.4 is 0 Å². The Morgan fingerprint density at radius 1 is 1.40 bits per heavy atom. The summed E-state index contributed by atoms with van der Waals surface area (Å²) in [6, 6.07) is 3.82. The summed E-state index contributed by atoms with van der Waals surface area (Å²) in [4.78, 5) is 0.148. The highest BCUT2D eigenvalue weighted by Crippen LogP contribution is 2.34. The SMILES string of the molecule is CC(C)CCN(C1CC1)S(=O)(=O)c1ccc(F)cc1Br. The van der Waals surface area contributed by atoms with Crippen LogP contribution in [0.5, 0.6) is 0 Å². The molecule has 0 N–H and O–H groups in total. The standard InChI is InChI=1S/C14H19BrFNO2S/c1-10(2)7-8-17(12-4-5-12)20(18,19)14-6-3-11(16)9-13(14)15/h3,6,9-10,12H,4-5,7-8H2,1-2H3. The predicted octanol–water partition coefficient (Wildman–Crippen LogP) is 3.79. The van der Waals surface area contributed by atoms with Gasteiger partial charge in [-0.2, -0.15) is 4.31 Å². The fourth-order valence-electron chi connectivity index (χ4n) is 2.06. The summed E-state index contributed by atoms with van der Waals surface area (Å²) in [7, 11) is -3.56. The molecule has 0 bridgehead atoms. The van der Waals surface area contributed by atoms with E-state index in [4.69, 9.17) is 0 Å². The molecule has 112 valence electrons. The summed E-state index contributed by atoms with van der Waals surface area (Å²) in [5.74, 6) is -0.000846. The largest absolute Gasteiger partial charge is 0.244 e. The van der Waals surface area contributed by atoms with Gasteiger partial charge in [-0.1, -0.05) is 13.8 Å². The van der Waals surface area contributed by atoms with Crippen molar-refractivity contribution < 1.29 is 12.8 Å². The first-order valence-corrected chi connectivity index (χ1v) is 9.02. The molecule has 0 spiro atoms. The molecule has 0 radical (unpaired) electrons. The zero-order valence-corrected chi connectivity index (χ0v) is 14.0. The lowest BCUT2D eigenvalue weighted by atomic mass is 10.1. The van der Waals surface area contributed by atoms with Gasteiger partial charge in [0.25, 0.3) is 0 Å². The van der Waals surface area contributed by atoms with Crippen molar-refractivity contribution in [1.82, 2.24) is 4.31 Å². The molecule has 2 rings (SSSR count). The molecular weight excluding hydrogens is 345 g/mol. The number of halogens is 2. The first kappa shape index (κ1) is 15.9. The zero-order chi connectivity index (χ0) is 14.9. The molecule has 0 heterocycles. The van der Waals surface area contributed by atoms with E-state index in [9.17, 15) is 12.8 Å². The topological polar surface area (TPSA) is 37.4 Å². The Morgan fingerprint density at radius 2 is 2.05 bits per heavy atom. The minimum Gasteiger partial charge on any atom is -0.207 e. The van der Waals surface area contributed by atoms with Crippen molar-refractivity contribution in [2.45, 2.75) is 44.0 Å². The fourth-order valence-corrected chi connectivity index (χ4v) is 4.77. The van der Waals surface area contributed by atoms with E-state index in [0.29, 0.717) is 12.5 Å². The van der Waals surface area contributed by atoms with E-state index in [1.54, 1.807) is 4.31 Å². The first-order valence-electron chi connectivity index (χ1n) is 6.79. The lowest BCUT2D eigenvalue weighted by Gasteiger charge is -2.23. The maximum Gasteiger partial charge on any atom is 0.244 e. The fraction of sp³-hybridized carbons (Fsp3) is 0.571. The van der Waals surface area contributed by atoms with Crippen LogP contribution in [-0.2, 0) is 10.0 Å². The van der Waals surface area contributed by atoms with Crippen LogP contribution in [0.1, 0.15) is 33.1 Å². The molecule has 1 aromatic carbocycles. The Hall–Kier alpha value is -0.460. The highest BCUT2D eigenvalue weighted by molar-refractivity contribution is 9.10. The molecule has 6 heteroatoms. The smallest absolute Gasteiger partial charge is 0.207 e. The molecule has 0 unspecified atom stereocenters. The van der Waals surface area contributed by atoms with Crippen LogP contribution in [0.3, 0.4) is 0 Å². The van der Waals surface area contributed by atoms with E-state index in [0.717, 1.165) is 19.3 Å². The molecule has 3 nitrogen and oxygen atoms in total. The summed E-state index contributed by atoms with van der Waals surface area (Å²) < 4.78 is 40.4. The van der Waals surface area contributed by atoms with Gasteiger partial charge in [0.2, 0.25) is 10.0 Å². The summed E-state index contributed by atoms with van der Waals surface area (Å²) >= 11 is 3.15. The van der Waals surface area contributed by atoms with Crippen LogP contribution in [0.15, 0.2) is 27.6 Å². The minimum absolute atomic E-state index is 0.107. The molecule has 0 saturated heterocycles. The molecule has 0 atom stereocenters. The second-order valence-corrected chi connectivity index (χ2v) is 8.32. The summed E-state index contributed by atoms with van der Waals surface area (Å²) in [5, 5.41) is 0.